The molecule has 0 bridgehead atoms. The van der Waals surface area contributed by atoms with Gasteiger partial charge in [-0.1, -0.05) is 23.5 Å². The van der Waals surface area contributed by atoms with E-state index in [1.165, 1.54) is 4.52 Å². The summed E-state index contributed by atoms with van der Waals surface area (Å²) in [6, 6.07) is 1.97. The summed E-state index contributed by atoms with van der Waals surface area (Å²) in [6.07, 6.45) is 5.90. The number of nitrogens with one attached hydrogen (secondary N) is 1. The van der Waals surface area contributed by atoms with Crippen molar-refractivity contribution in [2.75, 3.05) is 24.7 Å². The molecular weight excluding hydrogens is 298 g/mol. The second-order valence-electron chi connectivity index (χ2n) is 4.75. The lowest BCUT2D eigenvalue weighted by Crippen LogP contribution is -2.35. The van der Waals surface area contributed by atoms with Gasteiger partial charge in [0.05, 0.1) is 5.02 Å². The summed E-state index contributed by atoms with van der Waals surface area (Å²) in [7, 11) is 0. The van der Waals surface area contributed by atoms with Crippen molar-refractivity contribution in [3.63, 3.8) is 0 Å². The Labute approximate surface area is 126 Å². The molecule has 2 N–H and O–H groups in total. The summed E-state index contributed by atoms with van der Waals surface area (Å²) in [5.41, 5.74) is 0.376. The van der Waals surface area contributed by atoms with Gasteiger partial charge in [0.1, 0.15) is 0 Å². The van der Waals surface area contributed by atoms with Crippen molar-refractivity contribution in [1.82, 2.24) is 18.9 Å². The molecule has 3 rings (SSSR count). The molecular formula is C12H16ClN5OS. The Morgan fingerprint density at radius 1 is 1.45 bits per heavy atom. The molecule has 0 aliphatic carbocycles. The summed E-state index contributed by atoms with van der Waals surface area (Å²) in [5, 5.41) is 17.8. The summed E-state index contributed by atoms with van der Waals surface area (Å²) in [6.45, 7) is 2.12. The lowest BCUT2D eigenvalue weighted by molar-refractivity contribution is 0.358. The van der Waals surface area contributed by atoms with E-state index in [9.17, 15) is 5.11 Å². The zero-order valence-corrected chi connectivity index (χ0v) is 12.7. The summed E-state index contributed by atoms with van der Waals surface area (Å²) in [5.74, 6) is 0.497. The number of halogens is 1. The molecule has 0 amide bonds. The number of rotatable bonds is 3. The maximum absolute atomic E-state index is 9.85. The standard InChI is InChI=1S/C12H16ClN5OS/c1-20-17-5-2-8(3-6-17)14-12-15-11-10(19)9(13)4-7-18(11)16-12/h4,7-8,19H,2-3,5-6H2,1H3,(H,14,16). The molecule has 0 saturated carbocycles. The lowest BCUT2D eigenvalue weighted by Gasteiger charge is -2.30. The van der Waals surface area contributed by atoms with Crippen LogP contribution in [-0.4, -0.2) is 49.4 Å². The van der Waals surface area contributed by atoms with Crippen molar-refractivity contribution in [3.8, 4) is 5.75 Å². The van der Waals surface area contributed by atoms with E-state index in [1.807, 2.05) is 0 Å². The van der Waals surface area contributed by atoms with Gasteiger partial charge < -0.3 is 10.4 Å². The van der Waals surface area contributed by atoms with E-state index in [2.05, 4.69) is 26.0 Å². The SMILES string of the molecule is CSN1CCC(Nc2nc3c(O)c(Cl)ccn3n2)CC1. The van der Waals surface area contributed by atoms with Crippen LogP contribution >= 0.6 is 23.5 Å². The number of piperidine rings is 1. The van der Waals surface area contributed by atoms with Crippen LogP contribution < -0.4 is 5.32 Å². The van der Waals surface area contributed by atoms with Crippen molar-refractivity contribution < 1.29 is 5.11 Å². The number of fused-ring (bicyclic) bond motifs is 1. The molecule has 8 heteroatoms. The predicted octanol–water partition coefficient (Wildman–Crippen LogP) is 2.24. The van der Waals surface area contributed by atoms with Gasteiger partial charge in [0.2, 0.25) is 11.6 Å². The molecule has 6 nitrogen and oxygen atoms in total. The third-order valence-corrected chi connectivity index (χ3v) is 4.66. The van der Waals surface area contributed by atoms with E-state index in [-0.39, 0.29) is 10.8 Å². The molecule has 0 spiro atoms. The Morgan fingerprint density at radius 2 is 2.20 bits per heavy atom. The molecule has 108 valence electrons. The fraction of sp³-hybridized carbons (Fsp3) is 0.500. The van der Waals surface area contributed by atoms with Gasteiger partial charge in [0.15, 0.2) is 5.75 Å². The van der Waals surface area contributed by atoms with Crippen molar-refractivity contribution >= 4 is 35.1 Å². The second kappa shape index (κ2) is 5.67. The maximum Gasteiger partial charge on any atom is 0.243 e. The van der Waals surface area contributed by atoms with E-state index in [0.29, 0.717) is 17.6 Å². The third kappa shape index (κ3) is 2.65. The zero-order valence-electron chi connectivity index (χ0n) is 11.1. The van der Waals surface area contributed by atoms with Crippen LogP contribution in [0.4, 0.5) is 5.95 Å². The quantitative estimate of drug-likeness (QED) is 0.847. The Balaban J connectivity index is 1.74. The molecule has 0 radical (unpaired) electrons. The highest BCUT2D eigenvalue weighted by Crippen LogP contribution is 2.27. The first kappa shape index (κ1) is 13.8. The zero-order chi connectivity index (χ0) is 14.1. The number of aromatic nitrogens is 3. The molecule has 0 aromatic carbocycles. The molecule has 1 saturated heterocycles. The van der Waals surface area contributed by atoms with Gasteiger partial charge in [-0.05, 0) is 25.2 Å². The molecule has 0 unspecified atom stereocenters. The summed E-state index contributed by atoms with van der Waals surface area (Å²) < 4.78 is 3.88. The van der Waals surface area contributed by atoms with Crippen molar-refractivity contribution in [2.24, 2.45) is 0 Å². The predicted molar refractivity (Wildman–Crippen MR) is 81.4 cm³/mol. The fourth-order valence-corrected chi connectivity index (χ4v) is 3.05. The third-order valence-electron chi connectivity index (χ3n) is 3.48. The highest BCUT2D eigenvalue weighted by atomic mass is 35.5. The molecule has 1 aliphatic heterocycles. The normalized spacial score (nSPS) is 17.7. The molecule has 20 heavy (non-hydrogen) atoms. The second-order valence-corrected chi connectivity index (χ2v) is 6.03. The van der Waals surface area contributed by atoms with Gasteiger partial charge >= 0.3 is 0 Å². The average molecular weight is 314 g/mol. The minimum absolute atomic E-state index is 0.0353. The highest BCUT2D eigenvalue weighted by Gasteiger charge is 2.20. The first-order valence-corrected chi connectivity index (χ1v) is 8.03. The molecule has 2 aromatic rings. The van der Waals surface area contributed by atoms with Crippen LogP contribution in [-0.2, 0) is 0 Å². The van der Waals surface area contributed by atoms with Gasteiger partial charge in [0.25, 0.3) is 0 Å². The number of nitrogens with zero attached hydrogens (tertiary/aromatic N) is 4. The van der Waals surface area contributed by atoms with E-state index in [0.717, 1.165) is 25.9 Å². The topological polar surface area (TPSA) is 65.7 Å². The van der Waals surface area contributed by atoms with Crippen LogP contribution in [0.2, 0.25) is 5.02 Å². The first-order chi connectivity index (χ1) is 9.67. The largest absolute Gasteiger partial charge is 0.503 e. The molecule has 0 atom stereocenters. The molecule has 3 heterocycles. The number of anilines is 1. The van der Waals surface area contributed by atoms with Crippen molar-refractivity contribution in [3.05, 3.63) is 17.3 Å². The molecule has 1 aliphatic rings. The van der Waals surface area contributed by atoms with E-state index >= 15 is 0 Å². The van der Waals surface area contributed by atoms with Crippen LogP contribution in [0.1, 0.15) is 12.8 Å². The number of aromatic hydroxyl groups is 1. The first-order valence-electron chi connectivity index (χ1n) is 6.47. The summed E-state index contributed by atoms with van der Waals surface area (Å²) >= 11 is 7.65. The van der Waals surface area contributed by atoms with Crippen LogP contribution in [0.15, 0.2) is 12.3 Å². The molecule has 2 aromatic heterocycles. The van der Waals surface area contributed by atoms with Crippen LogP contribution in [0.5, 0.6) is 5.75 Å². The monoisotopic (exact) mass is 313 g/mol. The Morgan fingerprint density at radius 3 is 2.90 bits per heavy atom. The minimum Gasteiger partial charge on any atom is -0.503 e. The van der Waals surface area contributed by atoms with Crippen molar-refractivity contribution in [1.29, 1.82) is 0 Å². The van der Waals surface area contributed by atoms with Crippen LogP contribution in [0.3, 0.4) is 0 Å². The summed E-state index contributed by atoms with van der Waals surface area (Å²) in [4.78, 5) is 4.29. The van der Waals surface area contributed by atoms with Gasteiger partial charge in [-0.3, -0.25) is 4.31 Å². The number of hydrogen-bond acceptors (Lipinski definition) is 6. The van der Waals surface area contributed by atoms with Crippen LogP contribution in [0, 0.1) is 0 Å². The van der Waals surface area contributed by atoms with Crippen molar-refractivity contribution in [2.45, 2.75) is 18.9 Å². The number of pyridine rings is 1. The van der Waals surface area contributed by atoms with Crippen LogP contribution in [0.25, 0.3) is 5.65 Å². The molecule has 1 fully saturated rings. The van der Waals surface area contributed by atoms with Gasteiger partial charge in [-0.25, -0.2) is 4.52 Å². The Kier molecular flexibility index (Phi) is 3.91. The lowest BCUT2D eigenvalue weighted by atomic mass is 10.1. The maximum atomic E-state index is 9.85. The van der Waals surface area contributed by atoms with Gasteiger partial charge in [-0.2, -0.15) is 4.98 Å². The Bertz CT molecular complexity index is 611. The average Bonchev–Trinajstić information content (AvgIpc) is 2.87. The Hall–Kier alpha value is -1.18. The highest BCUT2D eigenvalue weighted by molar-refractivity contribution is 7.96. The minimum atomic E-state index is -0.0353. The van der Waals surface area contributed by atoms with E-state index in [1.54, 1.807) is 24.2 Å². The van der Waals surface area contributed by atoms with Gasteiger partial charge in [-0.15, -0.1) is 5.10 Å². The van der Waals surface area contributed by atoms with Gasteiger partial charge in [0, 0.05) is 25.3 Å². The smallest absolute Gasteiger partial charge is 0.243 e. The number of hydrogen-bond donors (Lipinski definition) is 2. The fourth-order valence-electron chi connectivity index (χ4n) is 2.34. The van der Waals surface area contributed by atoms with E-state index in [4.69, 9.17) is 11.6 Å². The van der Waals surface area contributed by atoms with E-state index < -0.39 is 0 Å².